The molecule has 0 saturated heterocycles. The molecule has 2 aromatic rings. The van der Waals surface area contributed by atoms with Gasteiger partial charge in [0.25, 0.3) is 0 Å². The molecule has 1 aromatic carbocycles. The van der Waals surface area contributed by atoms with Crippen LogP contribution in [0.25, 0.3) is 17.3 Å². The Morgan fingerprint density at radius 3 is 2.60 bits per heavy atom. The molecule has 0 amide bonds. The summed E-state index contributed by atoms with van der Waals surface area (Å²) < 4.78 is 1.83. The fourth-order valence-electron chi connectivity index (χ4n) is 2.72. The van der Waals surface area contributed by atoms with Gasteiger partial charge in [-0.2, -0.15) is 0 Å². The second-order valence-corrected chi connectivity index (χ2v) is 5.80. The van der Waals surface area contributed by atoms with Gasteiger partial charge in [-0.3, -0.25) is 4.79 Å². The van der Waals surface area contributed by atoms with Gasteiger partial charge in [0.05, 0.1) is 17.6 Å². The Kier molecular flexibility index (Phi) is 8.68. The number of phenols is 1. The van der Waals surface area contributed by atoms with Crippen molar-refractivity contribution in [2.24, 2.45) is 13.0 Å². The molecule has 0 aliphatic rings. The summed E-state index contributed by atoms with van der Waals surface area (Å²) in [5.74, 6) is 0.385. The monoisotopic (exact) mass is 342 g/mol. The van der Waals surface area contributed by atoms with Crippen molar-refractivity contribution in [1.82, 2.24) is 9.55 Å². The third-order valence-corrected chi connectivity index (χ3v) is 4.00. The van der Waals surface area contributed by atoms with Crippen LogP contribution in [0.5, 0.6) is 5.75 Å². The number of hydrogen-bond donors (Lipinski definition) is 1. The van der Waals surface area contributed by atoms with E-state index >= 15 is 0 Å². The number of imidazole rings is 1. The number of allylic oxidation sites excluding steroid dienone is 1. The molecule has 0 bridgehead atoms. The maximum absolute atomic E-state index is 12.3. The van der Waals surface area contributed by atoms with Gasteiger partial charge in [-0.15, -0.1) is 0 Å². The van der Waals surface area contributed by atoms with Crippen LogP contribution >= 0.6 is 0 Å². The molecule has 1 heterocycles. The van der Waals surface area contributed by atoms with Crippen LogP contribution in [0, 0.1) is 5.92 Å². The number of ketones is 1. The molecule has 1 aromatic heterocycles. The second kappa shape index (κ2) is 10.5. The minimum Gasteiger partial charge on any atom is -0.507 e. The van der Waals surface area contributed by atoms with E-state index in [2.05, 4.69) is 11.9 Å². The molecule has 1 atom stereocenters. The lowest BCUT2D eigenvalue weighted by atomic mass is 9.94. The lowest BCUT2D eigenvalue weighted by Crippen LogP contribution is -2.10. The van der Waals surface area contributed by atoms with Crippen molar-refractivity contribution in [3.05, 3.63) is 42.4 Å². The van der Waals surface area contributed by atoms with E-state index in [0.717, 1.165) is 24.8 Å². The average molecular weight is 342 g/mol. The van der Waals surface area contributed by atoms with Crippen LogP contribution in [-0.4, -0.2) is 20.4 Å². The van der Waals surface area contributed by atoms with E-state index in [1.807, 2.05) is 44.6 Å². The minimum atomic E-state index is 0.0758. The largest absolute Gasteiger partial charge is 0.507 e. The molecule has 0 saturated carbocycles. The molecule has 1 unspecified atom stereocenters. The number of carbonyl (C=O) groups excluding carboxylic acids is 1. The van der Waals surface area contributed by atoms with Crippen molar-refractivity contribution in [3.63, 3.8) is 0 Å². The second-order valence-electron chi connectivity index (χ2n) is 5.80. The zero-order valence-electron chi connectivity index (χ0n) is 16.0. The van der Waals surface area contributed by atoms with Gasteiger partial charge in [-0.25, -0.2) is 4.98 Å². The van der Waals surface area contributed by atoms with Crippen LogP contribution < -0.4 is 0 Å². The first-order valence-electron chi connectivity index (χ1n) is 9.09. The molecule has 0 aliphatic carbocycles. The van der Waals surface area contributed by atoms with E-state index in [1.165, 1.54) is 0 Å². The number of aromatic hydroxyl groups is 1. The highest BCUT2D eigenvalue weighted by Gasteiger charge is 2.14. The number of aromatic nitrogens is 2. The quantitative estimate of drug-likeness (QED) is 0.701. The van der Waals surface area contributed by atoms with E-state index < -0.39 is 0 Å². The lowest BCUT2D eigenvalue weighted by molar-refractivity contribution is -0.118. The Morgan fingerprint density at radius 2 is 2.04 bits per heavy atom. The summed E-state index contributed by atoms with van der Waals surface area (Å²) in [6.07, 6.45) is 9.71. The van der Waals surface area contributed by atoms with Crippen molar-refractivity contribution in [2.45, 2.75) is 47.0 Å². The summed E-state index contributed by atoms with van der Waals surface area (Å²) >= 11 is 0. The Bertz CT molecular complexity index is 702. The highest BCUT2D eigenvalue weighted by atomic mass is 16.3. The first-order valence-corrected chi connectivity index (χ1v) is 9.09. The fourth-order valence-corrected chi connectivity index (χ4v) is 2.72. The van der Waals surface area contributed by atoms with Gasteiger partial charge in [-0.1, -0.05) is 52.3 Å². The molecule has 1 N–H and O–H groups in total. The highest BCUT2D eigenvalue weighted by Crippen LogP contribution is 2.32. The van der Waals surface area contributed by atoms with Crippen molar-refractivity contribution in [1.29, 1.82) is 0 Å². The number of benzene rings is 1. The van der Waals surface area contributed by atoms with Gasteiger partial charge in [0, 0.05) is 19.2 Å². The summed E-state index contributed by atoms with van der Waals surface area (Å²) in [7, 11) is 1.88. The van der Waals surface area contributed by atoms with Crippen LogP contribution in [0.3, 0.4) is 0 Å². The zero-order chi connectivity index (χ0) is 18.8. The summed E-state index contributed by atoms with van der Waals surface area (Å²) in [5, 5.41) is 10.2. The third-order valence-electron chi connectivity index (χ3n) is 4.00. The average Bonchev–Trinajstić information content (AvgIpc) is 3.05. The van der Waals surface area contributed by atoms with Gasteiger partial charge >= 0.3 is 0 Å². The summed E-state index contributed by atoms with van der Waals surface area (Å²) in [5.41, 5.74) is 2.14. The number of aryl methyl sites for hydroxylation is 1. The maximum atomic E-state index is 12.3. The van der Waals surface area contributed by atoms with Gasteiger partial charge < -0.3 is 9.67 Å². The van der Waals surface area contributed by atoms with Gasteiger partial charge in [-0.05, 0) is 30.5 Å². The molecule has 4 nitrogen and oxygen atoms in total. The number of rotatable bonds is 7. The van der Waals surface area contributed by atoms with Crippen molar-refractivity contribution in [3.8, 4) is 17.0 Å². The van der Waals surface area contributed by atoms with Crippen LogP contribution in [0.1, 0.15) is 52.5 Å². The fraction of sp³-hybridized carbons (Fsp3) is 0.429. The van der Waals surface area contributed by atoms with Crippen LogP contribution in [0.2, 0.25) is 0 Å². The van der Waals surface area contributed by atoms with Crippen LogP contribution in [0.15, 0.2) is 36.8 Å². The van der Waals surface area contributed by atoms with Crippen molar-refractivity contribution in [2.75, 3.05) is 0 Å². The Labute approximate surface area is 151 Å². The molecule has 2 rings (SSSR count). The third kappa shape index (κ3) is 5.59. The Balaban J connectivity index is 0.00000151. The summed E-state index contributed by atoms with van der Waals surface area (Å²) in [6, 6.07) is 5.29. The summed E-state index contributed by atoms with van der Waals surface area (Å²) in [4.78, 5) is 16.6. The van der Waals surface area contributed by atoms with E-state index in [1.54, 1.807) is 30.6 Å². The van der Waals surface area contributed by atoms with Crippen molar-refractivity contribution < 1.29 is 9.90 Å². The molecular weight excluding hydrogens is 312 g/mol. The minimum absolute atomic E-state index is 0.0758. The molecule has 136 valence electrons. The molecule has 4 heteroatoms. The molecule has 0 radical (unpaired) electrons. The van der Waals surface area contributed by atoms with Crippen LogP contribution in [0.4, 0.5) is 0 Å². The standard InChI is InChI=1S/C19H24N2O2.C2H6/c1-4-7-14(5-2)17(22)11-10-15-8-6-9-18(23)19(15)16-12-21(3)13-20-16;1-2/h6,8-14,23H,4-5,7H2,1-3H3;1-2H3/b11-10+;. The van der Waals surface area contributed by atoms with E-state index in [9.17, 15) is 9.90 Å². The van der Waals surface area contributed by atoms with E-state index in [-0.39, 0.29) is 17.5 Å². The smallest absolute Gasteiger partial charge is 0.158 e. The number of phenolic OH excluding ortho intramolecular Hbond substituents is 1. The van der Waals surface area contributed by atoms with Gasteiger partial charge in [0.15, 0.2) is 5.78 Å². The Morgan fingerprint density at radius 1 is 1.32 bits per heavy atom. The van der Waals surface area contributed by atoms with Crippen molar-refractivity contribution >= 4 is 11.9 Å². The number of nitrogens with zero attached hydrogens (tertiary/aromatic N) is 2. The summed E-state index contributed by atoms with van der Waals surface area (Å²) in [6.45, 7) is 8.13. The molecule has 0 aliphatic heterocycles. The molecule has 0 fully saturated rings. The predicted molar refractivity (Wildman–Crippen MR) is 104 cm³/mol. The normalized spacial score (nSPS) is 11.9. The van der Waals surface area contributed by atoms with Crippen LogP contribution in [-0.2, 0) is 11.8 Å². The molecular formula is C21H30N2O2. The first kappa shape index (κ1) is 20.7. The Hall–Kier alpha value is -2.36. The zero-order valence-corrected chi connectivity index (χ0v) is 16.0. The lowest BCUT2D eigenvalue weighted by Gasteiger charge is -2.10. The number of hydrogen-bond acceptors (Lipinski definition) is 3. The van der Waals surface area contributed by atoms with E-state index in [0.29, 0.717) is 11.3 Å². The maximum Gasteiger partial charge on any atom is 0.158 e. The SMILES string of the molecule is CC.CCCC(CC)C(=O)/C=C/c1cccc(O)c1-c1cn(C)cn1. The topological polar surface area (TPSA) is 55.1 Å². The van der Waals surface area contributed by atoms with Gasteiger partial charge in [0.2, 0.25) is 0 Å². The first-order chi connectivity index (χ1) is 12.1. The molecule has 25 heavy (non-hydrogen) atoms. The number of carbonyl (C=O) groups is 1. The molecule has 0 spiro atoms. The highest BCUT2D eigenvalue weighted by molar-refractivity contribution is 5.96. The van der Waals surface area contributed by atoms with E-state index in [4.69, 9.17) is 0 Å². The predicted octanol–water partition coefficient (Wildman–Crippen LogP) is 5.23. The van der Waals surface area contributed by atoms with Gasteiger partial charge in [0.1, 0.15) is 5.75 Å².